The smallest absolute Gasteiger partial charge is 0.135 e. The molecule has 0 fully saturated rings. The molecule has 0 spiro atoms. The van der Waals surface area contributed by atoms with Gasteiger partial charge in [0.05, 0.1) is 0 Å². The molecular weight excluding hydrogens is 190 g/mol. The van der Waals surface area contributed by atoms with Gasteiger partial charge in [0.1, 0.15) is 5.78 Å². The Balaban J connectivity index is 0. The molecule has 0 aliphatic heterocycles. The fourth-order valence-corrected chi connectivity index (χ4v) is 0.789. The number of ketones is 1. The quantitative estimate of drug-likeness (QED) is 0.740. The number of Topliss-reactive ketones (excluding diaryl/α,β-unsaturated/α-hetero) is 1. The summed E-state index contributed by atoms with van der Waals surface area (Å²) in [6, 6.07) is 0. The van der Waals surface area contributed by atoms with Gasteiger partial charge in [0.25, 0.3) is 0 Å². The standard InChI is InChI=1S/C7H14O2.C5H13N/c1-6(9)7(2,3)4-5-8;1-5(2)3-4-6/h8H,4-5H2,1-3H3;5H,3-4,6H2,1-2H3. The Hall–Kier alpha value is -0.410. The van der Waals surface area contributed by atoms with E-state index < -0.39 is 0 Å². The molecule has 0 bridgehead atoms. The second kappa shape index (κ2) is 8.86. The first-order valence-electron chi connectivity index (χ1n) is 5.60. The van der Waals surface area contributed by atoms with Crippen molar-refractivity contribution in [2.75, 3.05) is 13.2 Å². The molecule has 0 aromatic rings. The zero-order valence-electron chi connectivity index (χ0n) is 10.8. The lowest BCUT2D eigenvalue weighted by Crippen LogP contribution is -2.22. The maximum atomic E-state index is 10.7. The fraction of sp³-hybridized carbons (Fsp3) is 0.917. The molecule has 0 radical (unpaired) electrons. The number of carbonyl (C=O) groups excluding carboxylic acids is 1. The first-order valence-corrected chi connectivity index (χ1v) is 5.60. The molecule has 0 rings (SSSR count). The van der Waals surface area contributed by atoms with Gasteiger partial charge < -0.3 is 10.8 Å². The van der Waals surface area contributed by atoms with Crippen LogP contribution in [0, 0.1) is 11.3 Å². The average Bonchev–Trinajstić information content (AvgIpc) is 2.04. The van der Waals surface area contributed by atoms with Crippen molar-refractivity contribution in [3.05, 3.63) is 0 Å². The van der Waals surface area contributed by atoms with Crippen molar-refractivity contribution in [1.29, 1.82) is 0 Å². The zero-order chi connectivity index (χ0) is 12.5. The first kappa shape index (κ1) is 17.0. The number of hydrogen-bond acceptors (Lipinski definition) is 3. The molecule has 0 amide bonds. The monoisotopic (exact) mass is 217 g/mol. The third kappa shape index (κ3) is 11.5. The normalized spacial score (nSPS) is 10.9. The molecule has 0 saturated carbocycles. The summed E-state index contributed by atoms with van der Waals surface area (Å²) in [6.07, 6.45) is 1.71. The van der Waals surface area contributed by atoms with Crippen LogP contribution in [0.5, 0.6) is 0 Å². The van der Waals surface area contributed by atoms with E-state index in [1.54, 1.807) is 6.92 Å². The van der Waals surface area contributed by atoms with Crippen molar-refractivity contribution in [3.8, 4) is 0 Å². The molecule has 3 N–H and O–H groups in total. The minimum atomic E-state index is -0.339. The highest BCUT2D eigenvalue weighted by atomic mass is 16.3. The van der Waals surface area contributed by atoms with Gasteiger partial charge in [-0.25, -0.2) is 0 Å². The maximum absolute atomic E-state index is 10.7. The Morgan fingerprint density at radius 1 is 1.40 bits per heavy atom. The molecule has 0 aliphatic rings. The van der Waals surface area contributed by atoms with E-state index in [9.17, 15) is 4.79 Å². The number of aliphatic hydroxyl groups excluding tert-OH is 1. The van der Waals surface area contributed by atoms with E-state index in [2.05, 4.69) is 13.8 Å². The summed E-state index contributed by atoms with van der Waals surface area (Å²) < 4.78 is 0. The zero-order valence-corrected chi connectivity index (χ0v) is 10.8. The lowest BCUT2D eigenvalue weighted by molar-refractivity contribution is -0.125. The SMILES string of the molecule is CC(=O)C(C)(C)CCO.CC(C)CCN. The average molecular weight is 217 g/mol. The van der Waals surface area contributed by atoms with Gasteiger partial charge in [-0.3, -0.25) is 4.79 Å². The molecule has 15 heavy (non-hydrogen) atoms. The van der Waals surface area contributed by atoms with E-state index in [-0.39, 0.29) is 17.8 Å². The predicted octanol–water partition coefficient (Wildman–Crippen LogP) is 1.98. The third-order valence-corrected chi connectivity index (χ3v) is 2.43. The van der Waals surface area contributed by atoms with E-state index >= 15 is 0 Å². The summed E-state index contributed by atoms with van der Waals surface area (Å²) in [5.41, 5.74) is 4.89. The predicted molar refractivity (Wildman–Crippen MR) is 64.7 cm³/mol. The highest BCUT2D eigenvalue weighted by Gasteiger charge is 2.21. The van der Waals surface area contributed by atoms with Crippen molar-refractivity contribution in [2.24, 2.45) is 17.1 Å². The van der Waals surface area contributed by atoms with Gasteiger partial charge >= 0.3 is 0 Å². The van der Waals surface area contributed by atoms with Crippen LogP contribution in [0.25, 0.3) is 0 Å². The van der Waals surface area contributed by atoms with Gasteiger partial charge in [-0.1, -0.05) is 27.7 Å². The molecule has 0 unspecified atom stereocenters. The van der Waals surface area contributed by atoms with E-state index in [1.165, 1.54) is 0 Å². The fourth-order valence-electron chi connectivity index (χ4n) is 0.789. The highest BCUT2D eigenvalue weighted by molar-refractivity contribution is 5.81. The summed E-state index contributed by atoms with van der Waals surface area (Å²) in [6.45, 7) is 10.5. The lowest BCUT2D eigenvalue weighted by atomic mass is 9.86. The molecule has 0 saturated heterocycles. The lowest BCUT2D eigenvalue weighted by Gasteiger charge is -2.18. The minimum Gasteiger partial charge on any atom is -0.396 e. The molecule has 0 heterocycles. The Kier molecular flexibility index (Phi) is 10.0. The van der Waals surface area contributed by atoms with E-state index in [0.717, 1.165) is 18.9 Å². The van der Waals surface area contributed by atoms with Crippen LogP contribution in [0.2, 0.25) is 0 Å². The van der Waals surface area contributed by atoms with Gasteiger partial charge in [0.2, 0.25) is 0 Å². The molecule has 3 nitrogen and oxygen atoms in total. The summed E-state index contributed by atoms with van der Waals surface area (Å²) in [7, 11) is 0. The largest absolute Gasteiger partial charge is 0.396 e. The third-order valence-electron chi connectivity index (χ3n) is 2.43. The molecule has 0 aliphatic carbocycles. The Labute approximate surface area is 94.1 Å². The molecule has 0 aromatic heterocycles. The van der Waals surface area contributed by atoms with Crippen LogP contribution in [-0.2, 0) is 4.79 Å². The summed E-state index contributed by atoms with van der Waals surface area (Å²) >= 11 is 0. The molecule has 0 atom stereocenters. The van der Waals surface area contributed by atoms with Crippen LogP contribution >= 0.6 is 0 Å². The van der Waals surface area contributed by atoms with Crippen molar-refractivity contribution in [2.45, 2.75) is 47.5 Å². The van der Waals surface area contributed by atoms with Crippen molar-refractivity contribution < 1.29 is 9.90 Å². The number of hydrogen-bond donors (Lipinski definition) is 2. The maximum Gasteiger partial charge on any atom is 0.135 e. The number of carbonyl (C=O) groups is 1. The van der Waals surface area contributed by atoms with Crippen LogP contribution in [-0.4, -0.2) is 24.0 Å². The van der Waals surface area contributed by atoms with E-state index in [0.29, 0.717) is 6.42 Å². The van der Waals surface area contributed by atoms with Gasteiger partial charge in [-0.2, -0.15) is 0 Å². The van der Waals surface area contributed by atoms with Crippen molar-refractivity contribution >= 4 is 5.78 Å². The van der Waals surface area contributed by atoms with Gasteiger partial charge in [-0.15, -0.1) is 0 Å². The first-order chi connectivity index (χ1) is 6.77. The van der Waals surface area contributed by atoms with E-state index in [1.807, 2.05) is 13.8 Å². The number of rotatable bonds is 5. The summed E-state index contributed by atoms with van der Waals surface area (Å²) in [5, 5.41) is 8.50. The van der Waals surface area contributed by atoms with Crippen molar-refractivity contribution in [1.82, 2.24) is 0 Å². The summed E-state index contributed by atoms with van der Waals surface area (Å²) in [5.74, 6) is 0.909. The highest BCUT2D eigenvalue weighted by Crippen LogP contribution is 2.19. The Bertz CT molecular complexity index is 165. The Morgan fingerprint density at radius 2 is 1.87 bits per heavy atom. The molecule has 0 aromatic carbocycles. The minimum absolute atomic E-state index is 0.0899. The number of aliphatic hydroxyl groups is 1. The summed E-state index contributed by atoms with van der Waals surface area (Å²) in [4.78, 5) is 10.7. The topological polar surface area (TPSA) is 63.3 Å². The molecule has 3 heteroatoms. The van der Waals surface area contributed by atoms with Crippen LogP contribution < -0.4 is 5.73 Å². The van der Waals surface area contributed by atoms with Crippen LogP contribution in [0.15, 0.2) is 0 Å². The van der Waals surface area contributed by atoms with Gasteiger partial charge in [-0.05, 0) is 32.2 Å². The second-order valence-corrected chi connectivity index (χ2v) is 4.88. The van der Waals surface area contributed by atoms with E-state index in [4.69, 9.17) is 10.8 Å². The van der Waals surface area contributed by atoms with Crippen molar-refractivity contribution in [3.63, 3.8) is 0 Å². The van der Waals surface area contributed by atoms with Crippen LogP contribution in [0.3, 0.4) is 0 Å². The van der Waals surface area contributed by atoms with Crippen LogP contribution in [0.4, 0.5) is 0 Å². The molecular formula is C12H27NO2. The van der Waals surface area contributed by atoms with Gasteiger partial charge in [0, 0.05) is 12.0 Å². The number of nitrogens with two attached hydrogens (primary N) is 1. The van der Waals surface area contributed by atoms with Crippen LogP contribution in [0.1, 0.15) is 47.5 Å². The molecule has 92 valence electrons. The second-order valence-electron chi connectivity index (χ2n) is 4.88. The van der Waals surface area contributed by atoms with Gasteiger partial charge in [0.15, 0.2) is 0 Å². The Morgan fingerprint density at radius 3 is 1.93 bits per heavy atom.